The monoisotopic (exact) mass is 264 g/mol. The maximum Gasteiger partial charge on any atom is 0.223 e. The Labute approximate surface area is 115 Å². The molecule has 3 N–H and O–H groups in total. The number of carbonyl (C=O) groups excluding carboxylic acids is 1. The number of nitrogens with two attached hydrogens (primary N) is 1. The quantitative estimate of drug-likeness (QED) is 0.739. The number of rotatable bonds is 7. The van der Waals surface area contributed by atoms with Crippen molar-refractivity contribution in [1.29, 1.82) is 0 Å². The van der Waals surface area contributed by atoms with Crippen molar-refractivity contribution in [1.82, 2.24) is 5.32 Å². The average Bonchev–Trinajstić information content (AvgIpc) is 2.35. The smallest absolute Gasteiger partial charge is 0.223 e. The molecule has 0 aliphatic carbocycles. The van der Waals surface area contributed by atoms with Gasteiger partial charge in [0.1, 0.15) is 5.75 Å². The molecule has 0 fully saturated rings. The highest BCUT2D eigenvalue weighted by atomic mass is 16.5. The molecule has 0 unspecified atom stereocenters. The highest BCUT2D eigenvalue weighted by molar-refractivity contribution is 5.75. The molecule has 0 saturated carbocycles. The summed E-state index contributed by atoms with van der Waals surface area (Å²) in [5.41, 5.74) is 8.88. The Hall–Kier alpha value is -1.55. The van der Waals surface area contributed by atoms with Crippen LogP contribution in [0.25, 0.3) is 0 Å². The van der Waals surface area contributed by atoms with Crippen molar-refractivity contribution in [2.24, 2.45) is 5.73 Å². The first-order valence-electron chi connectivity index (χ1n) is 6.72. The molecule has 1 aromatic carbocycles. The number of hydrogen-bond acceptors (Lipinski definition) is 3. The summed E-state index contributed by atoms with van der Waals surface area (Å²) in [7, 11) is 0. The minimum atomic E-state index is 0.00970. The average molecular weight is 264 g/mol. The van der Waals surface area contributed by atoms with Gasteiger partial charge in [-0.05, 0) is 56.5 Å². The van der Waals surface area contributed by atoms with E-state index in [0.29, 0.717) is 26.1 Å². The Kier molecular flexibility index (Phi) is 6.36. The van der Waals surface area contributed by atoms with E-state index in [1.807, 2.05) is 19.9 Å². The molecule has 1 amide bonds. The third kappa shape index (κ3) is 5.30. The molecule has 19 heavy (non-hydrogen) atoms. The van der Waals surface area contributed by atoms with Crippen molar-refractivity contribution in [3.63, 3.8) is 0 Å². The molecule has 0 bridgehead atoms. The zero-order valence-electron chi connectivity index (χ0n) is 12.1. The summed E-state index contributed by atoms with van der Waals surface area (Å²) >= 11 is 0. The molecule has 0 spiro atoms. The molecular formula is C15H24N2O2. The van der Waals surface area contributed by atoms with Gasteiger partial charge in [-0.1, -0.05) is 6.07 Å². The van der Waals surface area contributed by atoms with E-state index in [1.54, 1.807) is 0 Å². The van der Waals surface area contributed by atoms with Crippen molar-refractivity contribution in [3.05, 3.63) is 28.8 Å². The van der Waals surface area contributed by atoms with Gasteiger partial charge in [-0.15, -0.1) is 0 Å². The zero-order valence-corrected chi connectivity index (χ0v) is 12.1. The summed E-state index contributed by atoms with van der Waals surface area (Å²) in [6.07, 6.45) is 1.18. The van der Waals surface area contributed by atoms with Crippen molar-refractivity contribution < 1.29 is 9.53 Å². The number of hydrogen-bond donors (Lipinski definition) is 2. The fourth-order valence-corrected chi connectivity index (χ4v) is 1.82. The van der Waals surface area contributed by atoms with Crippen molar-refractivity contribution in [2.45, 2.75) is 33.6 Å². The fourth-order valence-electron chi connectivity index (χ4n) is 1.82. The lowest BCUT2D eigenvalue weighted by atomic mass is 10.1. The second kappa shape index (κ2) is 7.79. The maximum absolute atomic E-state index is 11.5. The van der Waals surface area contributed by atoms with Crippen LogP contribution in [-0.2, 0) is 4.79 Å². The number of ether oxygens (including phenoxy) is 1. The maximum atomic E-state index is 11.5. The van der Waals surface area contributed by atoms with Gasteiger partial charge in [-0.3, -0.25) is 4.79 Å². The molecule has 0 aliphatic heterocycles. The van der Waals surface area contributed by atoms with Gasteiger partial charge in [0.2, 0.25) is 5.91 Å². The van der Waals surface area contributed by atoms with E-state index >= 15 is 0 Å². The van der Waals surface area contributed by atoms with Gasteiger partial charge in [0.15, 0.2) is 0 Å². The Balaban J connectivity index is 2.39. The van der Waals surface area contributed by atoms with Crippen molar-refractivity contribution in [3.8, 4) is 5.75 Å². The van der Waals surface area contributed by atoms with Crippen LogP contribution in [0.2, 0.25) is 0 Å². The molecule has 0 saturated heterocycles. The van der Waals surface area contributed by atoms with Crippen molar-refractivity contribution >= 4 is 5.91 Å². The Morgan fingerprint density at radius 3 is 2.74 bits per heavy atom. The van der Waals surface area contributed by atoms with Crippen LogP contribution < -0.4 is 15.8 Å². The summed E-state index contributed by atoms with van der Waals surface area (Å²) in [6.45, 7) is 7.77. The molecule has 0 aromatic heterocycles. The fraction of sp³-hybridized carbons (Fsp3) is 0.533. The first kappa shape index (κ1) is 15.5. The van der Waals surface area contributed by atoms with Crippen LogP contribution in [0.3, 0.4) is 0 Å². The molecular weight excluding hydrogens is 240 g/mol. The first-order valence-corrected chi connectivity index (χ1v) is 6.72. The van der Waals surface area contributed by atoms with E-state index in [9.17, 15) is 4.79 Å². The standard InChI is InChI=1S/C15H24N2O2/c1-11-9-12(2)13(3)14(10-11)19-8-5-15(18)17-7-4-6-16/h9-10H,4-8,16H2,1-3H3,(H,17,18). The predicted molar refractivity (Wildman–Crippen MR) is 77.4 cm³/mol. The first-order chi connectivity index (χ1) is 9.04. The summed E-state index contributed by atoms with van der Waals surface area (Å²) in [5, 5.41) is 2.81. The lowest BCUT2D eigenvalue weighted by molar-refractivity contribution is -0.121. The Morgan fingerprint density at radius 2 is 2.05 bits per heavy atom. The molecule has 4 heteroatoms. The normalized spacial score (nSPS) is 10.3. The number of carbonyl (C=O) groups is 1. The molecule has 0 aliphatic rings. The SMILES string of the molecule is Cc1cc(C)c(C)c(OCCC(=O)NCCCN)c1. The van der Waals surface area contributed by atoms with Crippen LogP contribution in [0.1, 0.15) is 29.5 Å². The molecule has 0 radical (unpaired) electrons. The predicted octanol–water partition coefficient (Wildman–Crippen LogP) is 1.85. The van der Waals surface area contributed by atoms with Gasteiger partial charge in [-0.2, -0.15) is 0 Å². The third-order valence-corrected chi connectivity index (χ3v) is 3.05. The molecule has 0 heterocycles. The number of amides is 1. The molecule has 1 rings (SSSR count). The molecule has 106 valence electrons. The Bertz CT molecular complexity index is 430. The topological polar surface area (TPSA) is 64.3 Å². The Morgan fingerprint density at radius 1 is 1.32 bits per heavy atom. The van der Waals surface area contributed by atoms with Gasteiger partial charge in [0, 0.05) is 6.54 Å². The number of nitrogens with one attached hydrogen (secondary N) is 1. The van der Waals surface area contributed by atoms with Gasteiger partial charge >= 0.3 is 0 Å². The van der Waals surface area contributed by atoms with E-state index < -0.39 is 0 Å². The summed E-state index contributed by atoms with van der Waals surface area (Å²) in [5.74, 6) is 0.878. The lowest BCUT2D eigenvalue weighted by Gasteiger charge is -2.12. The molecule has 1 aromatic rings. The largest absolute Gasteiger partial charge is 0.493 e. The van der Waals surface area contributed by atoms with E-state index in [4.69, 9.17) is 10.5 Å². The second-order valence-corrected chi connectivity index (χ2v) is 4.80. The number of aryl methyl sites for hydroxylation is 2. The highest BCUT2D eigenvalue weighted by Gasteiger charge is 2.05. The molecule has 0 atom stereocenters. The van der Waals surface area contributed by atoms with Crippen molar-refractivity contribution in [2.75, 3.05) is 19.7 Å². The van der Waals surface area contributed by atoms with E-state index in [2.05, 4.69) is 18.3 Å². The summed E-state index contributed by atoms with van der Waals surface area (Å²) in [6, 6.07) is 4.14. The third-order valence-electron chi connectivity index (χ3n) is 3.05. The second-order valence-electron chi connectivity index (χ2n) is 4.80. The van der Waals surface area contributed by atoms with Gasteiger partial charge in [-0.25, -0.2) is 0 Å². The van der Waals surface area contributed by atoms with Gasteiger partial charge in [0.25, 0.3) is 0 Å². The van der Waals surface area contributed by atoms with Gasteiger partial charge in [0.05, 0.1) is 13.0 Å². The summed E-state index contributed by atoms with van der Waals surface area (Å²) < 4.78 is 5.69. The van der Waals surface area contributed by atoms with E-state index in [1.165, 1.54) is 11.1 Å². The lowest BCUT2D eigenvalue weighted by Crippen LogP contribution is -2.27. The van der Waals surface area contributed by atoms with Crippen LogP contribution in [0.5, 0.6) is 5.75 Å². The van der Waals surface area contributed by atoms with Crippen LogP contribution >= 0.6 is 0 Å². The minimum absolute atomic E-state index is 0.00970. The zero-order chi connectivity index (χ0) is 14.3. The van der Waals surface area contributed by atoms with E-state index in [0.717, 1.165) is 17.7 Å². The summed E-state index contributed by atoms with van der Waals surface area (Å²) in [4.78, 5) is 11.5. The number of benzene rings is 1. The van der Waals surface area contributed by atoms with E-state index in [-0.39, 0.29) is 5.91 Å². The van der Waals surface area contributed by atoms with Crippen LogP contribution in [0.4, 0.5) is 0 Å². The van der Waals surface area contributed by atoms with Gasteiger partial charge < -0.3 is 15.8 Å². The van der Waals surface area contributed by atoms with Crippen LogP contribution in [0, 0.1) is 20.8 Å². The van der Waals surface area contributed by atoms with Crippen LogP contribution in [0.15, 0.2) is 12.1 Å². The van der Waals surface area contributed by atoms with Crippen LogP contribution in [-0.4, -0.2) is 25.6 Å². The minimum Gasteiger partial charge on any atom is -0.493 e. The highest BCUT2D eigenvalue weighted by Crippen LogP contribution is 2.23. The molecule has 4 nitrogen and oxygen atoms in total.